The molecule has 5 rings (SSSR count). The Kier molecular flexibility index (Phi) is 9.46. The van der Waals surface area contributed by atoms with Gasteiger partial charge in [-0.05, 0) is 79.7 Å². The first-order chi connectivity index (χ1) is 23.3. The van der Waals surface area contributed by atoms with Crippen LogP contribution in [0.1, 0.15) is 93.3 Å². The molecule has 0 unspecified atom stereocenters. The second kappa shape index (κ2) is 13.5. The molecule has 2 aliphatic rings. The molecule has 0 aromatic carbocycles. The monoisotopic (exact) mass is 664 g/mol. The van der Waals surface area contributed by atoms with Crippen LogP contribution in [0.3, 0.4) is 0 Å². The van der Waals surface area contributed by atoms with Crippen LogP contribution in [-0.4, -0.2) is 53.9 Å². The summed E-state index contributed by atoms with van der Waals surface area (Å²) in [5, 5.41) is 19.1. The van der Waals surface area contributed by atoms with Gasteiger partial charge in [0.25, 0.3) is 11.8 Å². The zero-order valence-corrected chi connectivity index (χ0v) is 27.2. The first kappa shape index (κ1) is 34.2. The van der Waals surface area contributed by atoms with Crippen LogP contribution in [0, 0.1) is 6.92 Å². The van der Waals surface area contributed by atoms with Gasteiger partial charge in [0, 0.05) is 35.0 Å². The lowest BCUT2D eigenvalue weighted by molar-refractivity contribution is -0.137. The number of nitrogen functional groups attached to an aromatic ring is 2. The fraction of sp³-hybridized carbons (Fsp3) is 0.200. The average Bonchev–Trinajstić information content (AvgIpc) is 3.75. The number of carbonyl (C=O) groups excluding carboxylic acids is 2. The maximum Gasteiger partial charge on any atom is 0.303 e. The molecule has 0 fully saturated rings. The highest BCUT2D eigenvalue weighted by molar-refractivity contribution is 6.14. The van der Waals surface area contributed by atoms with Gasteiger partial charge >= 0.3 is 11.9 Å². The Morgan fingerprint density at radius 1 is 0.776 bits per heavy atom. The van der Waals surface area contributed by atoms with Gasteiger partial charge in [-0.1, -0.05) is 25.3 Å². The highest BCUT2D eigenvalue weighted by atomic mass is 16.4. The van der Waals surface area contributed by atoms with E-state index in [9.17, 15) is 29.4 Å². The normalized spacial score (nSPS) is 12.6. The fourth-order valence-corrected chi connectivity index (χ4v) is 6.31. The molecule has 3 aromatic heterocycles. The summed E-state index contributed by atoms with van der Waals surface area (Å²) in [7, 11) is 0. The highest BCUT2D eigenvalue weighted by Crippen LogP contribution is 2.38. The number of nitrogens with two attached hydrogens (primary N) is 2. The second-order valence-electron chi connectivity index (χ2n) is 11.6. The summed E-state index contributed by atoms with van der Waals surface area (Å²) in [6.07, 6.45) is 3.07. The number of aromatic amines is 2. The van der Waals surface area contributed by atoms with Crippen molar-refractivity contribution in [1.82, 2.24) is 30.8 Å². The number of hydrogen-bond acceptors (Lipinski definition) is 8. The van der Waals surface area contributed by atoms with E-state index in [2.05, 4.69) is 34.0 Å². The largest absolute Gasteiger partial charge is 0.481 e. The number of nitrogens with zero attached hydrogens (tertiary/aromatic N) is 2. The lowest BCUT2D eigenvalue weighted by atomic mass is 9.99. The Bertz CT molecular complexity index is 2220. The molecule has 0 spiro atoms. The van der Waals surface area contributed by atoms with Crippen LogP contribution >= 0.6 is 0 Å². The van der Waals surface area contributed by atoms with Gasteiger partial charge in [-0.15, -0.1) is 0 Å². The Morgan fingerprint density at radius 2 is 1.43 bits per heavy atom. The van der Waals surface area contributed by atoms with Crippen LogP contribution < -0.4 is 22.5 Å². The molecule has 0 radical (unpaired) electrons. The molecule has 10 N–H and O–H groups in total. The van der Waals surface area contributed by atoms with E-state index in [1.165, 1.54) is 6.08 Å². The summed E-state index contributed by atoms with van der Waals surface area (Å²) in [4.78, 5) is 66.5. The molecule has 0 saturated heterocycles. The number of nitrogens with one attached hydrogen (secondary N) is 4. The van der Waals surface area contributed by atoms with Crippen molar-refractivity contribution >= 4 is 74.2 Å². The number of allylic oxidation sites excluding steroid dienone is 5. The Balaban J connectivity index is 2.08. The maximum absolute atomic E-state index is 13.6. The molecule has 5 heterocycles. The molecule has 14 nitrogen and oxygen atoms in total. The van der Waals surface area contributed by atoms with Crippen molar-refractivity contribution in [3.8, 4) is 0 Å². The van der Waals surface area contributed by atoms with Crippen molar-refractivity contribution in [3.05, 3.63) is 88.0 Å². The van der Waals surface area contributed by atoms with E-state index in [4.69, 9.17) is 21.7 Å². The fourth-order valence-electron chi connectivity index (χ4n) is 6.31. The van der Waals surface area contributed by atoms with Crippen molar-refractivity contribution in [3.63, 3.8) is 0 Å². The average molecular weight is 665 g/mol. The van der Waals surface area contributed by atoms with Gasteiger partial charge in [0.15, 0.2) is 0 Å². The molecule has 49 heavy (non-hydrogen) atoms. The van der Waals surface area contributed by atoms with Crippen molar-refractivity contribution in [2.75, 3.05) is 0 Å². The predicted octanol–water partition coefficient (Wildman–Crippen LogP) is 4.40. The van der Waals surface area contributed by atoms with Gasteiger partial charge in [-0.3, -0.25) is 30.0 Å². The standard InChI is InChI=1S/C35H36N8O6/c1-6-18-17(5)32-31(35(49)43-37)33-19(7-2)30(34(48)42-36)27(41-33)13-23-16(4)21(9-11-29(46)47)26(39-23)14-25-20(8-10-28(44)45)15(3)22(38-25)12-24(18)40-32/h6-7,12-14,39,41H,1-2,8-11,36-37H2,3-5H3,(H,42,48)(H,43,49)(H,44,45)(H,46,47). The first-order valence-corrected chi connectivity index (χ1v) is 15.3. The Labute approximate surface area is 280 Å². The van der Waals surface area contributed by atoms with Gasteiger partial charge in [-0.25, -0.2) is 21.7 Å². The number of amides is 2. The number of carboxylic acids is 2. The quantitative estimate of drug-likeness (QED) is 0.0862. The molecule has 3 aromatic rings. The zero-order valence-electron chi connectivity index (χ0n) is 27.2. The predicted molar refractivity (Wildman–Crippen MR) is 187 cm³/mol. The number of hydrogen-bond donors (Lipinski definition) is 8. The summed E-state index contributed by atoms with van der Waals surface area (Å²) in [5.74, 6) is 7.96. The van der Waals surface area contributed by atoms with Crippen LogP contribution in [0.2, 0.25) is 0 Å². The molecule has 0 atom stereocenters. The Hall–Kier alpha value is -6.12. The van der Waals surface area contributed by atoms with E-state index < -0.39 is 23.8 Å². The zero-order chi connectivity index (χ0) is 35.7. The molecule has 8 bridgehead atoms. The van der Waals surface area contributed by atoms with Crippen LogP contribution in [-0.2, 0) is 16.0 Å². The minimum absolute atomic E-state index is 0.0184. The van der Waals surface area contributed by atoms with Crippen molar-refractivity contribution < 1.29 is 29.4 Å². The van der Waals surface area contributed by atoms with Crippen molar-refractivity contribution in [1.29, 1.82) is 0 Å². The van der Waals surface area contributed by atoms with Gasteiger partial charge in [0.2, 0.25) is 0 Å². The van der Waals surface area contributed by atoms with Gasteiger partial charge in [0.05, 0.1) is 44.9 Å². The molecule has 252 valence electrons. The molecule has 2 aliphatic heterocycles. The number of carbonyl (C=O) groups is 4. The van der Waals surface area contributed by atoms with Gasteiger partial charge in [0.1, 0.15) is 0 Å². The number of aryl methyl sites for hydroxylation is 2. The van der Waals surface area contributed by atoms with E-state index in [1.807, 2.05) is 13.8 Å². The van der Waals surface area contributed by atoms with Crippen LogP contribution in [0.25, 0.3) is 50.4 Å². The molecule has 2 amide bonds. The molecular weight excluding hydrogens is 628 g/mol. The number of carboxylic acid groups (broad SMARTS) is 2. The maximum atomic E-state index is 13.6. The third kappa shape index (κ3) is 6.17. The minimum atomic E-state index is -0.987. The smallest absolute Gasteiger partial charge is 0.303 e. The SMILES string of the molecule is C=CC1=C(C)c2nc1cc1nc(cc3[nH]c(cc4[nH]c(c(C=C)c4C(=O)NN)c2C(=O)NN)c(C)c3CCC(=O)O)C(CCC(=O)O)=C1C. The molecule has 0 aliphatic carbocycles. The van der Waals surface area contributed by atoms with E-state index in [0.29, 0.717) is 56.0 Å². The third-order valence-electron chi connectivity index (χ3n) is 8.81. The number of H-pyrrole nitrogens is 2. The number of aromatic nitrogens is 4. The van der Waals surface area contributed by atoms with Crippen LogP contribution in [0.5, 0.6) is 0 Å². The summed E-state index contributed by atoms with van der Waals surface area (Å²) >= 11 is 0. The first-order valence-electron chi connectivity index (χ1n) is 15.3. The molecule has 14 heteroatoms. The van der Waals surface area contributed by atoms with Gasteiger partial charge < -0.3 is 20.2 Å². The lowest BCUT2D eigenvalue weighted by Crippen LogP contribution is -2.31. The van der Waals surface area contributed by atoms with Crippen LogP contribution in [0.15, 0.2) is 37.4 Å². The van der Waals surface area contributed by atoms with E-state index in [1.54, 1.807) is 31.2 Å². The highest BCUT2D eigenvalue weighted by Gasteiger charge is 2.27. The third-order valence-corrected chi connectivity index (χ3v) is 8.81. The number of aliphatic carboxylic acids is 2. The van der Waals surface area contributed by atoms with E-state index in [0.717, 1.165) is 5.57 Å². The molecular formula is C35H36N8O6. The van der Waals surface area contributed by atoms with E-state index in [-0.39, 0.29) is 59.1 Å². The Morgan fingerprint density at radius 3 is 2.04 bits per heavy atom. The minimum Gasteiger partial charge on any atom is -0.481 e. The number of fused-ring (bicyclic) bond motifs is 8. The van der Waals surface area contributed by atoms with Crippen molar-refractivity contribution in [2.45, 2.75) is 46.5 Å². The number of hydrazine groups is 2. The van der Waals surface area contributed by atoms with Gasteiger partial charge in [-0.2, -0.15) is 0 Å². The summed E-state index contributed by atoms with van der Waals surface area (Å²) in [5.41, 5.74) is 12.0. The van der Waals surface area contributed by atoms with Crippen LogP contribution in [0.4, 0.5) is 0 Å². The summed E-state index contributed by atoms with van der Waals surface area (Å²) in [6.45, 7) is 13.3. The lowest BCUT2D eigenvalue weighted by Gasteiger charge is -2.06. The summed E-state index contributed by atoms with van der Waals surface area (Å²) < 4.78 is 0. The van der Waals surface area contributed by atoms with E-state index >= 15 is 0 Å². The summed E-state index contributed by atoms with van der Waals surface area (Å²) in [6, 6.07) is 5.17. The second-order valence-corrected chi connectivity index (χ2v) is 11.6. The molecule has 0 saturated carbocycles. The van der Waals surface area contributed by atoms with Crippen molar-refractivity contribution in [2.24, 2.45) is 11.7 Å². The topological polar surface area (TPSA) is 242 Å². The number of rotatable bonds is 10.